The molecule has 1 aromatic carbocycles. The third-order valence-electron chi connectivity index (χ3n) is 1.60. The number of non-ortho nitro benzene ring substituents is 1. The van der Waals surface area contributed by atoms with E-state index in [9.17, 15) is 10.1 Å². The molecule has 0 saturated heterocycles. The van der Waals surface area contributed by atoms with E-state index in [0.29, 0.717) is 0 Å². The van der Waals surface area contributed by atoms with Gasteiger partial charge in [0.25, 0.3) is 5.69 Å². The lowest BCUT2D eigenvalue weighted by Gasteiger charge is -2.06. The molecule has 0 aliphatic rings. The molecule has 1 rings (SSSR count). The van der Waals surface area contributed by atoms with Crippen LogP contribution in [0, 0.1) is 10.1 Å². The Labute approximate surface area is 98.5 Å². The average Bonchev–Trinajstić information content (AvgIpc) is 2.26. The summed E-state index contributed by atoms with van der Waals surface area (Å²) in [5, 5.41) is 10.4. The highest BCUT2D eigenvalue weighted by Crippen LogP contribution is 2.45. The fourth-order valence-electron chi connectivity index (χ4n) is 0.847. The molecule has 0 aliphatic heterocycles. The fraction of sp³-hybridized carbons (Fsp3) is 0.250. The Bertz CT molecular complexity index is 333. The molecule has 0 aromatic heterocycles. The second-order valence-corrected chi connectivity index (χ2v) is 6.76. The van der Waals surface area contributed by atoms with Crippen molar-refractivity contribution in [2.24, 2.45) is 0 Å². The largest absolute Gasteiger partial charge is 0.351 e. The van der Waals surface area contributed by atoms with Crippen molar-refractivity contribution in [3.63, 3.8) is 0 Å². The Morgan fingerprint density at radius 1 is 1.53 bits per heavy atom. The summed E-state index contributed by atoms with van der Waals surface area (Å²) >= 11 is 5.81. The fourth-order valence-corrected chi connectivity index (χ4v) is 3.15. The minimum atomic E-state index is -0.699. The van der Waals surface area contributed by atoms with Gasteiger partial charge in [0.2, 0.25) is 0 Å². The average molecular weight is 263 g/mol. The first-order valence-electron chi connectivity index (χ1n) is 4.01. The molecule has 0 bridgehead atoms. The number of thioether (sulfide) groups is 1. The molecule has 0 saturated carbocycles. The van der Waals surface area contributed by atoms with Crippen LogP contribution in [0.1, 0.15) is 0 Å². The van der Waals surface area contributed by atoms with Gasteiger partial charge in [-0.1, -0.05) is 0 Å². The van der Waals surface area contributed by atoms with E-state index >= 15 is 0 Å². The summed E-state index contributed by atoms with van der Waals surface area (Å²) in [6.45, 7) is 0. The van der Waals surface area contributed by atoms with Crippen molar-refractivity contribution in [1.29, 1.82) is 0 Å². The van der Waals surface area contributed by atoms with Gasteiger partial charge in [-0.2, -0.15) is 0 Å². The van der Waals surface area contributed by atoms with E-state index in [-0.39, 0.29) is 5.69 Å². The van der Waals surface area contributed by atoms with Gasteiger partial charge in [0, 0.05) is 24.1 Å². The second-order valence-electron chi connectivity index (χ2n) is 2.56. The number of benzene rings is 1. The standard InChI is InChI=1S/C8H10NO3PS2/c1-12-13(14)6-15-8-4-2-7(3-5-8)9(10)11/h2-5,14H,6H2,1H3. The van der Waals surface area contributed by atoms with Gasteiger partial charge in [-0.15, -0.1) is 24.0 Å². The SMILES string of the molecule is COP(S)CSc1ccc([N+](=O)[O-])cc1. The van der Waals surface area contributed by atoms with Gasteiger partial charge in [-0.3, -0.25) is 10.1 Å². The minimum absolute atomic E-state index is 0.110. The van der Waals surface area contributed by atoms with Gasteiger partial charge in [-0.05, 0) is 12.1 Å². The minimum Gasteiger partial charge on any atom is -0.351 e. The number of hydrogen-bond donors (Lipinski definition) is 1. The van der Waals surface area contributed by atoms with Crippen molar-refractivity contribution in [2.45, 2.75) is 4.90 Å². The first kappa shape index (κ1) is 12.8. The summed E-state index contributed by atoms with van der Waals surface area (Å²) in [6.07, 6.45) is 0. The van der Waals surface area contributed by atoms with Crippen LogP contribution in [-0.4, -0.2) is 17.5 Å². The van der Waals surface area contributed by atoms with Gasteiger partial charge < -0.3 is 4.52 Å². The Morgan fingerprint density at radius 2 is 2.13 bits per heavy atom. The lowest BCUT2D eigenvalue weighted by atomic mass is 10.3. The highest BCUT2D eigenvalue weighted by molar-refractivity contribution is 8.46. The lowest BCUT2D eigenvalue weighted by molar-refractivity contribution is -0.384. The maximum Gasteiger partial charge on any atom is 0.269 e. The molecular formula is C8H10NO3PS2. The molecule has 0 N–H and O–H groups in total. The molecule has 1 aromatic rings. The molecule has 0 heterocycles. The van der Waals surface area contributed by atoms with Crippen LogP contribution in [0.3, 0.4) is 0 Å². The van der Waals surface area contributed by atoms with Gasteiger partial charge in [0.05, 0.1) is 17.8 Å². The first-order chi connectivity index (χ1) is 7.13. The molecule has 4 nitrogen and oxygen atoms in total. The van der Waals surface area contributed by atoms with Crippen LogP contribution in [0.5, 0.6) is 0 Å². The monoisotopic (exact) mass is 263 g/mol. The van der Waals surface area contributed by atoms with Crippen molar-refractivity contribution < 1.29 is 9.45 Å². The number of nitro groups is 1. The molecule has 0 fully saturated rings. The Balaban J connectivity index is 2.53. The van der Waals surface area contributed by atoms with Crippen LogP contribution in [0.2, 0.25) is 0 Å². The molecule has 15 heavy (non-hydrogen) atoms. The van der Waals surface area contributed by atoms with Crippen LogP contribution in [0.4, 0.5) is 5.69 Å². The maximum absolute atomic E-state index is 10.4. The number of thiol groups is 1. The molecule has 0 amide bonds. The topological polar surface area (TPSA) is 52.4 Å². The van der Waals surface area contributed by atoms with Gasteiger partial charge in [0.1, 0.15) is 0 Å². The van der Waals surface area contributed by atoms with Crippen molar-refractivity contribution in [3.8, 4) is 0 Å². The third-order valence-corrected chi connectivity index (χ3v) is 5.56. The first-order valence-corrected chi connectivity index (χ1v) is 7.59. The van der Waals surface area contributed by atoms with Crippen LogP contribution in [0.25, 0.3) is 0 Å². The molecule has 0 aliphatic carbocycles. The Kier molecular flexibility index (Phi) is 5.39. The smallest absolute Gasteiger partial charge is 0.269 e. The van der Waals surface area contributed by atoms with Crippen LogP contribution < -0.4 is 0 Å². The van der Waals surface area contributed by atoms with Crippen molar-refractivity contribution >= 4 is 37.0 Å². The summed E-state index contributed by atoms with van der Waals surface area (Å²) in [4.78, 5) is 11.0. The third kappa shape index (κ3) is 4.38. The highest BCUT2D eigenvalue weighted by atomic mass is 32.7. The van der Waals surface area contributed by atoms with E-state index in [0.717, 1.165) is 10.4 Å². The van der Waals surface area contributed by atoms with Crippen molar-refractivity contribution in [3.05, 3.63) is 34.4 Å². The van der Waals surface area contributed by atoms with Gasteiger partial charge >= 0.3 is 0 Å². The molecule has 7 heteroatoms. The molecule has 82 valence electrons. The van der Waals surface area contributed by atoms with Gasteiger partial charge in [0.15, 0.2) is 0 Å². The highest BCUT2D eigenvalue weighted by Gasteiger charge is 2.06. The van der Waals surface area contributed by atoms with Gasteiger partial charge in [-0.25, -0.2) is 0 Å². The number of hydrogen-bond acceptors (Lipinski definition) is 5. The summed E-state index contributed by atoms with van der Waals surface area (Å²) < 4.78 is 5.03. The summed E-state index contributed by atoms with van der Waals surface area (Å²) in [5.41, 5.74) is 0.881. The zero-order valence-electron chi connectivity index (χ0n) is 7.99. The molecular weight excluding hydrogens is 253 g/mol. The van der Waals surface area contributed by atoms with Crippen LogP contribution in [0.15, 0.2) is 29.2 Å². The van der Waals surface area contributed by atoms with E-state index in [2.05, 4.69) is 12.2 Å². The van der Waals surface area contributed by atoms with Crippen molar-refractivity contribution in [2.75, 3.05) is 12.6 Å². The molecule has 1 unspecified atom stereocenters. The van der Waals surface area contributed by atoms with E-state index in [1.165, 1.54) is 12.1 Å². The normalized spacial score (nSPS) is 12.4. The lowest BCUT2D eigenvalue weighted by Crippen LogP contribution is -1.86. The van der Waals surface area contributed by atoms with Crippen LogP contribution in [-0.2, 0) is 4.52 Å². The van der Waals surface area contributed by atoms with E-state index in [1.54, 1.807) is 31.0 Å². The van der Waals surface area contributed by atoms with Crippen LogP contribution >= 0.6 is 31.4 Å². The number of rotatable bonds is 5. The molecule has 1 atom stereocenters. The quantitative estimate of drug-likeness (QED) is 0.290. The zero-order chi connectivity index (χ0) is 11.3. The Hall–Kier alpha value is -0.290. The maximum atomic E-state index is 10.4. The van der Waals surface area contributed by atoms with E-state index in [4.69, 9.17) is 4.52 Å². The zero-order valence-corrected chi connectivity index (χ0v) is 10.6. The van der Waals surface area contributed by atoms with E-state index in [1.807, 2.05) is 0 Å². The number of nitro benzene ring substituents is 1. The summed E-state index contributed by atoms with van der Waals surface area (Å²) in [7, 11) is 0.922. The van der Waals surface area contributed by atoms with Crippen molar-refractivity contribution in [1.82, 2.24) is 0 Å². The Morgan fingerprint density at radius 3 is 2.60 bits per heavy atom. The molecule has 0 spiro atoms. The predicted molar refractivity (Wildman–Crippen MR) is 66.7 cm³/mol. The number of nitrogens with zero attached hydrogens (tertiary/aromatic N) is 1. The molecule has 0 radical (unpaired) electrons. The summed E-state index contributed by atoms with van der Waals surface area (Å²) in [6, 6.07) is 6.46. The predicted octanol–water partition coefficient (Wildman–Crippen LogP) is 3.53. The summed E-state index contributed by atoms with van der Waals surface area (Å²) in [5.74, 6) is 0. The second kappa shape index (κ2) is 6.33. The van der Waals surface area contributed by atoms with E-state index < -0.39 is 12.3 Å².